The molecule has 1 aliphatic carbocycles. The second-order valence-corrected chi connectivity index (χ2v) is 10.4. The van der Waals surface area contributed by atoms with Crippen LogP contribution in [0.5, 0.6) is 0 Å². The lowest BCUT2D eigenvalue weighted by atomic mass is 10.1. The number of aromatic nitrogens is 2. The summed E-state index contributed by atoms with van der Waals surface area (Å²) in [5.74, 6) is 0.650. The molecule has 1 aromatic rings. The zero-order chi connectivity index (χ0) is 19.9. The molecule has 2 rings (SSSR count). The van der Waals surface area contributed by atoms with E-state index in [9.17, 15) is 8.42 Å². The Kier molecular flexibility index (Phi) is 8.76. The highest BCUT2D eigenvalue weighted by Crippen LogP contribution is 2.28. The molecule has 1 heterocycles. The molecule has 1 aliphatic rings. The zero-order valence-corrected chi connectivity index (χ0v) is 18.3. The molecule has 1 aromatic heterocycles. The number of hydrogen-bond acceptors (Lipinski definition) is 5. The summed E-state index contributed by atoms with van der Waals surface area (Å²) in [7, 11) is 0.313. The smallest absolute Gasteiger partial charge is 0.228 e. The molecule has 1 fully saturated rings. The Morgan fingerprint density at radius 2 is 1.93 bits per heavy atom. The molecule has 1 saturated carbocycles. The van der Waals surface area contributed by atoms with E-state index in [1.54, 1.807) is 13.3 Å². The van der Waals surface area contributed by atoms with E-state index < -0.39 is 9.84 Å². The lowest BCUT2D eigenvalue weighted by Crippen LogP contribution is -2.27. The van der Waals surface area contributed by atoms with Crippen molar-refractivity contribution in [3.05, 3.63) is 11.9 Å². The summed E-state index contributed by atoms with van der Waals surface area (Å²) in [6.07, 6.45) is 8.63. The molecular formula is C20H37N3O3S. The Morgan fingerprint density at radius 3 is 2.52 bits per heavy atom. The molecular weight excluding hydrogens is 362 g/mol. The van der Waals surface area contributed by atoms with Crippen molar-refractivity contribution >= 4 is 9.84 Å². The first-order chi connectivity index (χ1) is 12.9. The summed E-state index contributed by atoms with van der Waals surface area (Å²) in [4.78, 5) is 6.63. The van der Waals surface area contributed by atoms with Gasteiger partial charge < -0.3 is 14.2 Å². The summed E-state index contributed by atoms with van der Waals surface area (Å²) in [5.41, 5.74) is 0.950. The average Bonchev–Trinajstić information content (AvgIpc) is 2.83. The highest BCUT2D eigenvalue weighted by atomic mass is 32.2. The van der Waals surface area contributed by atoms with E-state index in [-0.39, 0.29) is 10.4 Å². The number of ether oxygens (including phenoxy) is 1. The predicted molar refractivity (Wildman–Crippen MR) is 109 cm³/mol. The van der Waals surface area contributed by atoms with E-state index in [1.165, 1.54) is 0 Å². The van der Waals surface area contributed by atoms with Crippen molar-refractivity contribution < 1.29 is 13.2 Å². The van der Waals surface area contributed by atoms with Crippen LogP contribution in [0.15, 0.2) is 11.4 Å². The Bertz CT molecular complexity index is 662. The van der Waals surface area contributed by atoms with Gasteiger partial charge >= 0.3 is 0 Å². The van der Waals surface area contributed by atoms with Crippen molar-refractivity contribution in [2.24, 2.45) is 5.92 Å². The van der Waals surface area contributed by atoms with E-state index in [0.717, 1.165) is 57.2 Å². The quantitative estimate of drug-likeness (QED) is 0.563. The van der Waals surface area contributed by atoms with Gasteiger partial charge in [0.05, 0.1) is 23.7 Å². The van der Waals surface area contributed by atoms with Crippen molar-refractivity contribution in [1.29, 1.82) is 0 Å². The van der Waals surface area contributed by atoms with Crippen LogP contribution in [0.3, 0.4) is 0 Å². The van der Waals surface area contributed by atoms with Crippen LogP contribution in [0, 0.1) is 5.92 Å². The summed E-state index contributed by atoms with van der Waals surface area (Å²) in [6, 6.07) is 0. The maximum atomic E-state index is 13.3. The SMILES string of the molecule is COCCn1c(CN(C)CCC(C)C)cnc1S(=O)(=O)C1CCCCCC1. The van der Waals surface area contributed by atoms with Crippen molar-refractivity contribution in [3.8, 4) is 0 Å². The first kappa shape index (κ1) is 22.4. The third-order valence-corrected chi connectivity index (χ3v) is 7.62. The van der Waals surface area contributed by atoms with Gasteiger partial charge in [0.15, 0.2) is 0 Å². The highest BCUT2D eigenvalue weighted by molar-refractivity contribution is 7.91. The number of nitrogens with zero attached hydrogens (tertiary/aromatic N) is 3. The van der Waals surface area contributed by atoms with Crippen LogP contribution in [0.25, 0.3) is 0 Å². The van der Waals surface area contributed by atoms with Gasteiger partial charge in [-0.3, -0.25) is 0 Å². The van der Waals surface area contributed by atoms with E-state index in [2.05, 4.69) is 30.8 Å². The van der Waals surface area contributed by atoms with Gasteiger partial charge in [-0.1, -0.05) is 39.5 Å². The van der Waals surface area contributed by atoms with Gasteiger partial charge in [0.2, 0.25) is 15.0 Å². The largest absolute Gasteiger partial charge is 0.383 e. The molecule has 0 aromatic carbocycles. The Morgan fingerprint density at radius 1 is 1.26 bits per heavy atom. The Hall–Kier alpha value is -0.920. The molecule has 0 N–H and O–H groups in total. The monoisotopic (exact) mass is 399 g/mol. The first-order valence-electron chi connectivity index (χ1n) is 10.3. The molecule has 0 unspecified atom stereocenters. The molecule has 6 nitrogen and oxygen atoms in total. The normalized spacial score (nSPS) is 17.0. The van der Waals surface area contributed by atoms with Gasteiger partial charge in [0.25, 0.3) is 0 Å². The number of sulfone groups is 1. The number of imidazole rings is 1. The molecule has 0 bridgehead atoms. The van der Waals surface area contributed by atoms with Crippen LogP contribution < -0.4 is 0 Å². The lowest BCUT2D eigenvalue weighted by Gasteiger charge is -2.20. The summed E-state index contributed by atoms with van der Waals surface area (Å²) in [6.45, 7) is 7.11. The topological polar surface area (TPSA) is 64.4 Å². The van der Waals surface area contributed by atoms with E-state index in [0.29, 0.717) is 25.6 Å². The average molecular weight is 400 g/mol. The van der Waals surface area contributed by atoms with Crippen LogP contribution in [0.1, 0.15) is 64.5 Å². The minimum Gasteiger partial charge on any atom is -0.383 e. The summed E-state index contributed by atoms with van der Waals surface area (Å²) < 4.78 is 33.7. The minimum atomic E-state index is -3.41. The van der Waals surface area contributed by atoms with Gasteiger partial charge in [0, 0.05) is 20.2 Å². The molecule has 0 aliphatic heterocycles. The van der Waals surface area contributed by atoms with Crippen molar-refractivity contribution in [2.75, 3.05) is 27.3 Å². The van der Waals surface area contributed by atoms with Crippen molar-refractivity contribution in [2.45, 2.75) is 82.3 Å². The summed E-state index contributed by atoms with van der Waals surface area (Å²) in [5, 5.41) is -0.0612. The Balaban J connectivity index is 2.23. The third-order valence-electron chi connectivity index (χ3n) is 5.44. The summed E-state index contributed by atoms with van der Waals surface area (Å²) >= 11 is 0. The van der Waals surface area contributed by atoms with Crippen LogP contribution in [0.4, 0.5) is 0 Å². The van der Waals surface area contributed by atoms with Crippen LogP contribution in [0.2, 0.25) is 0 Å². The standard InChI is InChI=1S/C20H37N3O3S/c1-17(2)11-12-22(3)16-18-15-21-20(23(18)13-14-26-4)27(24,25)19-9-7-5-6-8-10-19/h15,17,19H,5-14,16H2,1-4H3. The predicted octanol–water partition coefficient (Wildman–Crippen LogP) is 3.50. The number of rotatable bonds is 10. The van der Waals surface area contributed by atoms with Crippen LogP contribution >= 0.6 is 0 Å². The molecule has 0 atom stereocenters. The maximum absolute atomic E-state index is 13.3. The molecule has 0 spiro atoms. The molecule has 0 saturated heterocycles. The van der Waals surface area contributed by atoms with Gasteiger partial charge in [0.1, 0.15) is 0 Å². The minimum absolute atomic E-state index is 0.235. The van der Waals surface area contributed by atoms with Crippen molar-refractivity contribution in [3.63, 3.8) is 0 Å². The molecule has 7 heteroatoms. The van der Waals surface area contributed by atoms with E-state index in [4.69, 9.17) is 4.74 Å². The van der Waals surface area contributed by atoms with Crippen LogP contribution in [-0.4, -0.2) is 55.4 Å². The molecule has 0 radical (unpaired) electrons. The highest BCUT2D eigenvalue weighted by Gasteiger charge is 2.32. The van der Waals surface area contributed by atoms with Gasteiger partial charge in [-0.05, 0) is 38.8 Å². The zero-order valence-electron chi connectivity index (χ0n) is 17.5. The fourth-order valence-corrected chi connectivity index (χ4v) is 5.67. The van der Waals surface area contributed by atoms with E-state index in [1.807, 2.05) is 4.57 Å². The second kappa shape index (κ2) is 10.6. The van der Waals surface area contributed by atoms with Crippen LogP contribution in [-0.2, 0) is 27.7 Å². The van der Waals surface area contributed by atoms with Crippen molar-refractivity contribution in [1.82, 2.24) is 14.5 Å². The van der Waals surface area contributed by atoms with E-state index >= 15 is 0 Å². The second-order valence-electron chi connectivity index (χ2n) is 8.26. The molecule has 0 amide bonds. The fourth-order valence-electron chi connectivity index (χ4n) is 3.70. The van der Waals surface area contributed by atoms with Gasteiger partial charge in [-0.25, -0.2) is 13.4 Å². The van der Waals surface area contributed by atoms with Gasteiger partial charge in [-0.15, -0.1) is 0 Å². The fraction of sp³-hybridized carbons (Fsp3) is 0.850. The van der Waals surface area contributed by atoms with Gasteiger partial charge in [-0.2, -0.15) is 0 Å². The maximum Gasteiger partial charge on any atom is 0.228 e. The molecule has 156 valence electrons. The number of methoxy groups -OCH3 is 1. The molecule has 27 heavy (non-hydrogen) atoms. The number of hydrogen-bond donors (Lipinski definition) is 0. The Labute approximate surface area is 165 Å². The first-order valence-corrected chi connectivity index (χ1v) is 11.9. The lowest BCUT2D eigenvalue weighted by molar-refractivity contribution is 0.182. The third kappa shape index (κ3) is 6.29.